The van der Waals surface area contributed by atoms with Crippen molar-refractivity contribution < 1.29 is 9.00 Å². The van der Waals surface area contributed by atoms with Crippen LogP contribution < -0.4 is 0 Å². The van der Waals surface area contributed by atoms with Gasteiger partial charge in [-0.05, 0) is 12.5 Å². The Hall–Kier alpha value is -1.67. The maximum absolute atomic E-state index is 12.0. The first kappa shape index (κ1) is 16.4. The number of amides is 1. The summed E-state index contributed by atoms with van der Waals surface area (Å²) in [4.78, 5) is 13.3. The van der Waals surface area contributed by atoms with Crippen molar-refractivity contribution in [2.75, 3.05) is 19.3 Å². The van der Waals surface area contributed by atoms with Crippen molar-refractivity contribution in [1.29, 1.82) is 5.26 Å². The van der Waals surface area contributed by atoms with Crippen molar-refractivity contribution in [2.45, 2.75) is 25.5 Å². The second-order valence-corrected chi connectivity index (χ2v) is 6.33. The molecule has 1 aromatic rings. The number of hydrogen-bond acceptors (Lipinski definition) is 3. The van der Waals surface area contributed by atoms with Gasteiger partial charge in [0.05, 0.1) is 12.5 Å². The van der Waals surface area contributed by atoms with Crippen molar-refractivity contribution in [3.8, 4) is 6.07 Å². The van der Waals surface area contributed by atoms with Gasteiger partial charge in [0, 0.05) is 42.3 Å². The lowest BCUT2D eigenvalue weighted by molar-refractivity contribution is -0.129. The molecule has 0 aliphatic rings. The van der Waals surface area contributed by atoms with Crippen LogP contribution >= 0.6 is 0 Å². The molecule has 5 heteroatoms. The minimum atomic E-state index is -1.03. The maximum atomic E-state index is 12.0. The SMILES string of the molecule is Cc1cccc(CS(=O)CCC(=O)N(C)CCC#N)c1. The van der Waals surface area contributed by atoms with E-state index in [9.17, 15) is 9.00 Å². The van der Waals surface area contributed by atoms with E-state index in [4.69, 9.17) is 5.26 Å². The Morgan fingerprint density at radius 1 is 1.45 bits per heavy atom. The van der Waals surface area contributed by atoms with E-state index in [1.165, 1.54) is 4.90 Å². The van der Waals surface area contributed by atoms with E-state index < -0.39 is 10.8 Å². The minimum Gasteiger partial charge on any atom is -0.345 e. The summed E-state index contributed by atoms with van der Waals surface area (Å²) in [5.74, 6) is 0.790. The van der Waals surface area contributed by atoms with Crippen LogP contribution in [0, 0.1) is 18.3 Å². The second kappa shape index (κ2) is 8.49. The smallest absolute Gasteiger partial charge is 0.223 e. The number of aryl methyl sites for hydroxylation is 1. The quantitative estimate of drug-likeness (QED) is 0.772. The number of rotatable bonds is 7. The van der Waals surface area contributed by atoms with Gasteiger partial charge in [-0.25, -0.2) is 0 Å². The van der Waals surface area contributed by atoms with Crippen molar-refractivity contribution >= 4 is 16.7 Å². The summed E-state index contributed by atoms with van der Waals surface area (Å²) in [5, 5.41) is 8.46. The molecule has 0 heterocycles. The first-order valence-corrected chi connectivity index (χ1v) is 8.03. The number of nitrogens with zero attached hydrogens (tertiary/aromatic N) is 2. The lowest BCUT2D eigenvalue weighted by atomic mass is 10.2. The summed E-state index contributed by atoms with van der Waals surface area (Å²) in [6.07, 6.45) is 0.592. The van der Waals surface area contributed by atoms with Crippen LogP contribution in [0.5, 0.6) is 0 Å². The van der Waals surface area contributed by atoms with E-state index in [-0.39, 0.29) is 12.3 Å². The van der Waals surface area contributed by atoms with Gasteiger partial charge in [-0.1, -0.05) is 29.8 Å². The normalized spacial score (nSPS) is 11.7. The van der Waals surface area contributed by atoms with Gasteiger partial charge in [0.15, 0.2) is 0 Å². The highest BCUT2D eigenvalue weighted by Gasteiger charge is 2.10. The summed E-state index contributed by atoms with van der Waals surface area (Å²) < 4.78 is 12.0. The van der Waals surface area contributed by atoms with Crippen LogP contribution in [0.25, 0.3) is 0 Å². The van der Waals surface area contributed by atoms with Gasteiger partial charge in [-0.2, -0.15) is 5.26 Å². The number of carbonyl (C=O) groups is 1. The average Bonchev–Trinajstić information content (AvgIpc) is 2.42. The molecule has 108 valence electrons. The standard InChI is InChI=1S/C15H20N2O2S/c1-13-5-3-6-14(11-13)12-20(19)10-7-15(18)17(2)9-4-8-16/h3,5-6,11H,4,7,9-10,12H2,1-2H3. The average molecular weight is 292 g/mol. The van der Waals surface area contributed by atoms with Crippen LogP contribution in [0.3, 0.4) is 0 Å². The Kier molecular flexibility index (Phi) is 6.96. The second-order valence-electron chi connectivity index (χ2n) is 4.75. The van der Waals surface area contributed by atoms with E-state index in [2.05, 4.69) is 0 Å². The van der Waals surface area contributed by atoms with E-state index >= 15 is 0 Å². The van der Waals surface area contributed by atoms with E-state index in [0.717, 1.165) is 11.1 Å². The van der Waals surface area contributed by atoms with Crippen LogP contribution in [0.2, 0.25) is 0 Å². The molecule has 1 amide bonds. The fourth-order valence-corrected chi connectivity index (χ4v) is 2.89. The molecule has 1 atom stereocenters. The van der Waals surface area contributed by atoms with Gasteiger partial charge < -0.3 is 4.90 Å². The predicted molar refractivity (Wildman–Crippen MR) is 80.4 cm³/mol. The maximum Gasteiger partial charge on any atom is 0.223 e. The van der Waals surface area contributed by atoms with Crippen LogP contribution in [0.15, 0.2) is 24.3 Å². The molecule has 1 aromatic carbocycles. The fourth-order valence-electron chi connectivity index (χ4n) is 1.79. The topological polar surface area (TPSA) is 61.2 Å². The Labute approximate surface area is 122 Å². The van der Waals surface area contributed by atoms with Gasteiger partial charge >= 0.3 is 0 Å². The Bertz CT molecular complexity index is 523. The highest BCUT2D eigenvalue weighted by Crippen LogP contribution is 2.08. The zero-order valence-corrected chi connectivity index (χ0v) is 12.8. The number of carbonyl (C=O) groups excluding carboxylic acids is 1. The van der Waals surface area contributed by atoms with Crippen LogP contribution in [-0.4, -0.2) is 34.4 Å². The van der Waals surface area contributed by atoms with Gasteiger partial charge in [0.1, 0.15) is 0 Å². The van der Waals surface area contributed by atoms with Crippen LogP contribution in [-0.2, 0) is 21.3 Å². The third kappa shape index (κ3) is 5.98. The molecule has 0 aromatic heterocycles. The molecule has 1 rings (SSSR count). The highest BCUT2D eigenvalue weighted by molar-refractivity contribution is 7.84. The largest absolute Gasteiger partial charge is 0.345 e. The van der Waals surface area contributed by atoms with Gasteiger partial charge in [0.2, 0.25) is 5.91 Å². The third-order valence-corrected chi connectivity index (χ3v) is 4.25. The molecular weight excluding hydrogens is 272 g/mol. The molecule has 0 spiro atoms. The lowest BCUT2D eigenvalue weighted by Gasteiger charge is -2.15. The summed E-state index contributed by atoms with van der Waals surface area (Å²) >= 11 is 0. The molecule has 1 unspecified atom stereocenters. The molecule has 0 aliphatic heterocycles. The molecule has 0 N–H and O–H groups in total. The summed E-state index contributed by atoms with van der Waals surface area (Å²) in [7, 11) is 0.635. The number of benzene rings is 1. The zero-order chi connectivity index (χ0) is 15.0. The Morgan fingerprint density at radius 3 is 2.85 bits per heavy atom. The van der Waals surface area contributed by atoms with E-state index in [0.29, 0.717) is 24.5 Å². The first-order valence-electron chi connectivity index (χ1n) is 6.54. The third-order valence-electron chi connectivity index (χ3n) is 2.94. The number of hydrogen-bond donors (Lipinski definition) is 0. The Balaban J connectivity index is 2.36. The van der Waals surface area contributed by atoms with E-state index in [1.807, 2.05) is 37.3 Å². The first-order chi connectivity index (χ1) is 9.52. The fraction of sp³-hybridized carbons (Fsp3) is 0.467. The van der Waals surface area contributed by atoms with Crippen LogP contribution in [0.4, 0.5) is 0 Å². The van der Waals surface area contributed by atoms with Gasteiger partial charge in [-0.15, -0.1) is 0 Å². The monoisotopic (exact) mass is 292 g/mol. The molecule has 0 saturated carbocycles. The zero-order valence-electron chi connectivity index (χ0n) is 12.0. The Morgan fingerprint density at radius 2 is 2.20 bits per heavy atom. The molecule has 0 bridgehead atoms. The van der Waals surface area contributed by atoms with Crippen molar-refractivity contribution in [2.24, 2.45) is 0 Å². The predicted octanol–water partition coefficient (Wildman–Crippen LogP) is 2.01. The van der Waals surface area contributed by atoms with Gasteiger partial charge in [0.25, 0.3) is 0 Å². The van der Waals surface area contributed by atoms with Crippen LogP contribution in [0.1, 0.15) is 24.0 Å². The molecular formula is C15H20N2O2S. The van der Waals surface area contributed by atoms with Crippen molar-refractivity contribution in [3.63, 3.8) is 0 Å². The summed E-state index contributed by atoms with van der Waals surface area (Å²) in [6.45, 7) is 2.43. The summed E-state index contributed by atoms with van der Waals surface area (Å²) in [5.41, 5.74) is 2.18. The lowest BCUT2D eigenvalue weighted by Crippen LogP contribution is -2.28. The minimum absolute atomic E-state index is 0.0576. The molecule has 20 heavy (non-hydrogen) atoms. The summed E-state index contributed by atoms with van der Waals surface area (Å²) in [6, 6.07) is 9.91. The number of nitriles is 1. The molecule has 0 radical (unpaired) electrons. The molecule has 0 aliphatic carbocycles. The van der Waals surface area contributed by atoms with E-state index in [1.54, 1.807) is 7.05 Å². The highest BCUT2D eigenvalue weighted by atomic mass is 32.2. The molecule has 0 saturated heterocycles. The van der Waals surface area contributed by atoms with Crippen molar-refractivity contribution in [1.82, 2.24) is 4.90 Å². The van der Waals surface area contributed by atoms with Crippen molar-refractivity contribution in [3.05, 3.63) is 35.4 Å². The molecule has 4 nitrogen and oxygen atoms in total. The van der Waals surface area contributed by atoms with Gasteiger partial charge in [-0.3, -0.25) is 9.00 Å². The molecule has 0 fully saturated rings.